The first-order valence-electron chi connectivity index (χ1n) is 7.38. The average Bonchev–Trinajstić information content (AvgIpc) is 2.62. The maximum absolute atomic E-state index is 14.0. The summed E-state index contributed by atoms with van der Waals surface area (Å²) in [6.07, 6.45) is 0. The topological polar surface area (TPSA) is 80.4 Å². The van der Waals surface area contributed by atoms with Crippen molar-refractivity contribution in [1.29, 1.82) is 0 Å². The smallest absolute Gasteiger partial charge is 0.248 e. The van der Waals surface area contributed by atoms with Crippen LogP contribution in [0, 0.1) is 0 Å². The highest BCUT2D eigenvalue weighted by molar-refractivity contribution is 7.85. The zero-order chi connectivity index (χ0) is 17.2. The largest absolute Gasteiger partial charge is 0.507 e. The maximum Gasteiger partial charge on any atom is 0.248 e. The van der Waals surface area contributed by atoms with Crippen LogP contribution >= 0.6 is 7.14 Å². The molecular weight excluding hydrogens is 321 g/mol. The molecule has 3 aromatic carbocycles. The van der Waals surface area contributed by atoms with Gasteiger partial charge in [0, 0.05) is 16.2 Å². The summed E-state index contributed by atoms with van der Waals surface area (Å²) < 4.78 is 14.0. The minimum atomic E-state index is -3.27. The van der Waals surface area contributed by atoms with Crippen molar-refractivity contribution in [3.8, 4) is 5.75 Å². The lowest BCUT2D eigenvalue weighted by molar-refractivity contribution is 0.1000. The van der Waals surface area contributed by atoms with E-state index in [1.165, 1.54) is 18.2 Å². The fourth-order valence-electron chi connectivity index (χ4n) is 2.65. The molecule has 0 aliphatic heterocycles. The van der Waals surface area contributed by atoms with Gasteiger partial charge in [-0.15, -0.1) is 0 Å². The van der Waals surface area contributed by atoms with Crippen LogP contribution in [0.15, 0.2) is 78.9 Å². The van der Waals surface area contributed by atoms with Gasteiger partial charge in [-0.05, 0) is 18.2 Å². The minimum Gasteiger partial charge on any atom is -0.507 e. The van der Waals surface area contributed by atoms with Crippen LogP contribution in [0.2, 0.25) is 0 Å². The summed E-state index contributed by atoms with van der Waals surface area (Å²) in [6, 6.07) is 22.2. The summed E-state index contributed by atoms with van der Waals surface area (Å²) in [5, 5.41) is 11.9. The van der Waals surface area contributed by atoms with Crippen LogP contribution < -0.4 is 21.6 Å². The van der Waals surface area contributed by atoms with Gasteiger partial charge in [0.1, 0.15) is 5.75 Å². The molecule has 120 valence electrons. The van der Waals surface area contributed by atoms with Crippen molar-refractivity contribution in [3.63, 3.8) is 0 Å². The first kappa shape index (κ1) is 16.0. The van der Waals surface area contributed by atoms with Crippen molar-refractivity contribution in [3.05, 3.63) is 84.4 Å². The quantitative estimate of drug-likeness (QED) is 0.716. The normalized spacial score (nSPS) is 11.2. The third-order valence-electron chi connectivity index (χ3n) is 3.84. The summed E-state index contributed by atoms with van der Waals surface area (Å²) in [7, 11) is -3.27. The molecule has 0 saturated carbocycles. The molecule has 1 amide bonds. The fourth-order valence-corrected chi connectivity index (χ4v) is 5.36. The lowest BCUT2D eigenvalue weighted by atomic mass is 10.2. The Kier molecular flexibility index (Phi) is 4.24. The van der Waals surface area contributed by atoms with Crippen LogP contribution in [0.1, 0.15) is 10.4 Å². The number of benzene rings is 3. The Hall–Kier alpha value is -2.84. The molecule has 3 N–H and O–H groups in total. The Bertz CT molecular complexity index is 880. The second-order valence-corrected chi connectivity index (χ2v) is 8.08. The second-order valence-electron chi connectivity index (χ2n) is 5.35. The van der Waals surface area contributed by atoms with Gasteiger partial charge in [0.2, 0.25) is 5.91 Å². The van der Waals surface area contributed by atoms with Crippen LogP contribution in [-0.4, -0.2) is 11.0 Å². The highest BCUT2D eigenvalue weighted by atomic mass is 31.2. The number of phenolic OH excluding ortho intramolecular Hbond substituents is 1. The van der Waals surface area contributed by atoms with Crippen LogP contribution in [-0.2, 0) is 4.57 Å². The first-order chi connectivity index (χ1) is 11.5. The Morgan fingerprint density at radius 1 is 0.833 bits per heavy atom. The summed E-state index contributed by atoms with van der Waals surface area (Å²) in [5.41, 5.74) is 5.42. The number of carbonyl (C=O) groups excluding carboxylic acids is 1. The number of rotatable bonds is 4. The predicted molar refractivity (Wildman–Crippen MR) is 96.0 cm³/mol. The molecule has 0 aromatic heterocycles. The van der Waals surface area contributed by atoms with E-state index in [0.717, 1.165) is 0 Å². The van der Waals surface area contributed by atoms with E-state index in [-0.39, 0.29) is 16.6 Å². The van der Waals surface area contributed by atoms with Crippen molar-refractivity contribution in [1.82, 2.24) is 0 Å². The van der Waals surface area contributed by atoms with E-state index in [9.17, 15) is 14.5 Å². The van der Waals surface area contributed by atoms with Crippen molar-refractivity contribution >= 4 is 29.0 Å². The SMILES string of the molecule is NC(=O)c1ccc(P(=O)(c2ccccc2)c2ccccc2)c(O)c1. The molecule has 3 aromatic rings. The molecule has 0 spiro atoms. The van der Waals surface area contributed by atoms with Gasteiger partial charge in [0.05, 0.1) is 5.30 Å². The third-order valence-corrected chi connectivity index (χ3v) is 6.95. The molecule has 0 aliphatic rings. The number of phenols is 1. The number of carbonyl (C=O) groups is 1. The number of aromatic hydroxyl groups is 1. The van der Waals surface area contributed by atoms with E-state index in [2.05, 4.69) is 0 Å². The molecule has 0 heterocycles. The summed E-state index contributed by atoms with van der Waals surface area (Å²) in [4.78, 5) is 11.3. The predicted octanol–water partition coefficient (Wildman–Crippen LogP) is 2.13. The van der Waals surface area contributed by atoms with Gasteiger partial charge in [0.15, 0.2) is 7.14 Å². The summed E-state index contributed by atoms with van der Waals surface area (Å²) in [5.74, 6) is -0.853. The molecular formula is C19H16NO3P. The van der Waals surface area contributed by atoms with Gasteiger partial charge < -0.3 is 15.4 Å². The molecule has 0 fully saturated rings. The van der Waals surface area contributed by atoms with Crippen molar-refractivity contribution < 1.29 is 14.5 Å². The van der Waals surface area contributed by atoms with E-state index >= 15 is 0 Å². The highest BCUT2D eigenvalue weighted by Gasteiger charge is 2.32. The summed E-state index contributed by atoms with van der Waals surface area (Å²) >= 11 is 0. The molecule has 4 nitrogen and oxygen atoms in total. The lowest BCUT2D eigenvalue weighted by Gasteiger charge is -2.21. The van der Waals surface area contributed by atoms with E-state index in [4.69, 9.17) is 5.73 Å². The van der Waals surface area contributed by atoms with Crippen molar-refractivity contribution in [2.75, 3.05) is 0 Å². The highest BCUT2D eigenvalue weighted by Crippen LogP contribution is 2.44. The van der Waals surface area contributed by atoms with Crippen LogP contribution in [0.5, 0.6) is 5.75 Å². The van der Waals surface area contributed by atoms with Gasteiger partial charge >= 0.3 is 0 Å². The third kappa shape index (κ3) is 2.72. The monoisotopic (exact) mass is 337 g/mol. The van der Waals surface area contributed by atoms with Crippen LogP contribution in [0.4, 0.5) is 0 Å². The molecule has 0 atom stereocenters. The second kappa shape index (κ2) is 6.34. The van der Waals surface area contributed by atoms with Crippen LogP contribution in [0.3, 0.4) is 0 Å². The van der Waals surface area contributed by atoms with Gasteiger partial charge in [0.25, 0.3) is 0 Å². The minimum absolute atomic E-state index is 0.170. The Morgan fingerprint density at radius 2 is 1.33 bits per heavy atom. The first-order valence-corrected chi connectivity index (χ1v) is 9.09. The Morgan fingerprint density at radius 3 is 1.75 bits per heavy atom. The number of amides is 1. The zero-order valence-electron chi connectivity index (χ0n) is 12.8. The maximum atomic E-state index is 14.0. The van der Waals surface area contributed by atoms with E-state index in [1.807, 2.05) is 12.1 Å². The Balaban J connectivity index is 2.28. The van der Waals surface area contributed by atoms with Gasteiger partial charge in [-0.25, -0.2) is 0 Å². The molecule has 24 heavy (non-hydrogen) atoms. The molecule has 0 saturated heterocycles. The van der Waals surface area contributed by atoms with E-state index in [0.29, 0.717) is 10.6 Å². The number of primary amides is 1. The van der Waals surface area contributed by atoms with Crippen LogP contribution in [0.25, 0.3) is 0 Å². The molecule has 3 rings (SSSR count). The standard InChI is InChI=1S/C19H16NO3P/c20-19(22)14-11-12-18(17(21)13-14)24(23,15-7-3-1-4-8-15)16-9-5-2-6-10-16/h1-13,21H,(H2,20,22). The van der Waals surface area contributed by atoms with Crippen molar-refractivity contribution in [2.45, 2.75) is 0 Å². The zero-order valence-corrected chi connectivity index (χ0v) is 13.7. The Labute approximate surface area is 139 Å². The molecule has 0 aliphatic carbocycles. The summed E-state index contributed by atoms with van der Waals surface area (Å²) in [6.45, 7) is 0. The lowest BCUT2D eigenvalue weighted by Crippen LogP contribution is -2.25. The number of hydrogen-bond donors (Lipinski definition) is 2. The fraction of sp³-hybridized carbons (Fsp3) is 0. The molecule has 0 bridgehead atoms. The van der Waals surface area contributed by atoms with E-state index in [1.54, 1.807) is 48.5 Å². The van der Waals surface area contributed by atoms with Crippen molar-refractivity contribution in [2.24, 2.45) is 5.73 Å². The number of hydrogen-bond acceptors (Lipinski definition) is 3. The molecule has 0 unspecified atom stereocenters. The van der Waals surface area contributed by atoms with Gasteiger partial charge in [-0.3, -0.25) is 4.79 Å². The van der Waals surface area contributed by atoms with E-state index < -0.39 is 13.0 Å². The average molecular weight is 337 g/mol. The van der Waals surface area contributed by atoms with Gasteiger partial charge in [-0.1, -0.05) is 60.7 Å². The molecule has 5 heteroatoms. The number of nitrogens with two attached hydrogens (primary N) is 1. The molecule has 0 radical (unpaired) electrons. The van der Waals surface area contributed by atoms with Gasteiger partial charge in [-0.2, -0.15) is 0 Å².